The van der Waals surface area contributed by atoms with E-state index in [9.17, 15) is 4.79 Å². The highest BCUT2D eigenvalue weighted by Crippen LogP contribution is 2.06. The molecular weight excluding hydrogens is 202 g/mol. The molecule has 1 atom stereocenters. The Hall–Kier alpha value is -0.260. The summed E-state index contributed by atoms with van der Waals surface area (Å²) in [5.74, 6) is 0.938. The maximum absolute atomic E-state index is 10.7. The van der Waals surface area contributed by atoms with Crippen molar-refractivity contribution in [1.29, 1.82) is 0 Å². The lowest BCUT2D eigenvalue weighted by molar-refractivity contribution is -0.139. The summed E-state index contributed by atoms with van der Waals surface area (Å²) in [5, 5.41) is 20.2. The Morgan fingerprint density at radius 3 is 2.71 bits per heavy atom. The summed E-state index contributed by atoms with van der Waals surface area (Å²) >= 11 is 1.69. The molecule has 0 aliphatic carbocycles. The summed E-state index contributed by atoms with van der Waals surface area (Å²) in [7, 11) is 0. The second-order valence-electron chi connectivity index (χ2n) is 2.93. The van der Waals surface area contributed by atoms with Gasteiger partial charge in [-0.2, -0.15) is 11.8 Å². The second kappa shape index (κ2) is 9.30. The van der Waals surface area contributed by atoms with Gasteiger partial charge >= 0.3 is 5.97 Å². The lowest BCUT2D eigenvalue weighted by Crippen LogP contribution is -2.36. The lowest BCUT2D eigenvalue weighted by atomic mass is 10.2. The fourth-order valence-electron chi connectivity index (χ4n) is 1.03. The van der Waals surface area contributed by atoms with Crippen LogP contribution in [0.5, 0.6) is 0 Å². The molecule has 0 bridgehead atoms. The normalized spacial score (nSPS) is 12.7. The Kier molecular flexibility index (Phi) is 9.13. The third-order valence-electron chi connectivity index (χ3n) is 1.75. The van der Waals surface area contributed by atoms with E-state index in [1.165, 1.54) is 0 Å². The molecule has 0 aromatic rings. The quantitative estimate of drug-likeness (QED) is 0.496. The maximum atomic E-state index is 10.7. The molecule has 0 aliphatic rings. The van der Waals surface area contributed by atoms with Crippen LogP contribution in [-0.4, -0.2) is 46.9 Å². The van der Waals surface area contributed by atoms with Crippen molar-refractivity contribution in [2.45, 2.75) is 25.8 Å². The molecule has 0 spiro atoms. The van der Waals surface area contributed by atoms with E-state index in [0.717, 1.165) is 17.9 Å². The zero-order valence-electron chi connectivity index (χ0n) is 8.53. The van der Waals surface area contributed by atoms with Crippen molar-refractivity contribution in [2.75, 3.05) is 24.7 Å². The van der Waals surface area contributed by atoms with E-state index in [1.54, 1.807) is 11.8 Å². The van der Waals surface area contributed by atoms with Crippen molar-refractivity contribution >= 4 is 17.7 Å². The Bertz CT molecular complexity index is 155. The minimum atomic E-state index is -0.783. The van der Waals surface area contributed by atoms with E-state index < -0.39 is 12.0 Å². The fraction of sp³-hybridized carbons (Fsp3) is 0.889. The summed E-state index contributed by atoms with van der Waals surface area (Å²) in [6.07, 6.45) is 1.42. The van der Waals surface area contributed by atoms with Crippen molar-refractivity contribution in [3.05, 3.63) is 0 Å². The number of aliphatic carboxylic acids is 1. The van der Waals surface area contributed by atoms with E-state index >= 15 is 0 Å². The van der Waals surface area contributed by atoms with Crippen molar-refractivity contribution in [1.82, 2.24) is 5.32 Å². The molecule has 0 heterocycles. The molecule has 0 saturated heterocycles. The molecular formula is C9H19NO3S. The van der Waals surface area contributed by atoms with Gasteiger partial charge in [0.1, 0.15) is 6.04 Å². The number of nitrogens with one attached hydrogen (secondary N) is 1. The smallest absolute Gasteiger partial charge is 0.320 e. The minimum absolute atomic E-state index is 0.211. The number of carboxylic acids is 1. The number of hydrogen-bond donors (Lipinski definition) is 3. The molecule has 0 fully saturated rings. The molecule has 0 aromatic heterocycles. The second-order valence-corrected chi connectivity index (χ2v) is 4.15. The van der Waals surface area contributed by atoms with Crippen molar-refractivity contribution < 1.29 is 15.0 Å². The lowest BCUT2D eigenvalue weighted by Gasteiger charge is -2.12. The van der Waals surface area contributed by atoms with Gasteiger partial charge in [-0.05, 0) is 30.9 Å². The molecule has 84 valence electrons. The van der Waals surface area contributed by atoms with E-state index in [2.05, 4.69) is 5.32 Å². The predicted molar refractivity (Wildman–Crippen MR) is 58.7 cm³/mol. The highest BCUT2D eigenvalue weighted by atomic mass is 32.2. The number of thioether (sulfide) groups is 1. The van der Waals surface area contributed by atoms with Crippen molar-refractivity contribution in [3.8, 4) is 0 Å². The van der Waals surface area contributed by atoms with Crippen LogP contribution in [-0.2, 0) is 4.79 Å². The van der Waals surface area contributed by atoms with E-state index in [-0.39, 0.29) is 6.61 Å². The topological polar surface area (TPSA) is 69.6 Å². The predicted octanol–water partition coefficient (Wildman–Crippen LogP) is 0.555. The Morgan fingerprint density at radius 1 is 1.50 bits per heavy atom. The Balaban J connectivity index is 3.46. The van der Waals surface area contributed by atoms with E-state index in [1.807, 2.05) is 6.92 Å². The molecule has 14 heavy (non-hydrogen) atoms. The molecule has 5 heteroatoms. The SMILES string of the molecule is CCNC(CCSCCCO)C(=O)O. The van der Waals surface area contributed by atoms with Gasteiger partial charge in [-0.15, -0.1) is 0 Å². The summed E-state index contributed by atoms with van der Waals surface area (Å²) in [6, 6.07) is -0.429. The van der Waals surface area contributed by atoms with Gasteiger partial charge in [0.05, 0.1) is 0 Å². The molecule has 0 aliphatic heterocycles. The van der Waals surface area contributed by atoms with Crippen LogP contribution in [0.3, 0.4) is 0 Å². The van der Waals surface area contributed by atoms with E-state index in [0.29, 0.717) is 13.0 Å². The number of rotatable bonds is 9. The summed E-state index contributed by atoms with van der Waals surface area (Å²) in [4.78, 5) is 10.7. The first-order valence-electron chi connectivity index (χ1n) is 4.87. The molecule has 3 N–H and O–H groups in total. The third-order valence-corrected chi connectivity index (χ3v) is 2.85. The zero-order chi connectivity index (χ0) is 10.8. The minimum Gasteiger partial charge on any atom is -0.480 e. The van der Waals surface area contributed by atoms with Gasteiger partial charge in [0.25, 0.3) is 0 Å². The third kappa shape index (κ3) is 7.17. The van der Waals surface area contributed by atoms with Crippen molar-refractivity contribution in [2.24, 2.45) is 0 Å². The van der Waals surface area contributed by atoms with Gasteiger partial charge < -0.3 is 15.5 Å². The van der Waals surface area contributed by atoms with Crippen molar-refractivity contribution in [3.63, 3.8) is 0 Å². The Labute approximate surface area is 89.1 Å². The number of aliphatic hydroxyl groups excluding tert-OH is 1. The number of carboxylic acid groups (broad SMARTS) is 1. The van der Waals surface area contributed by atoms with Gasteiger partial charge in [0.2, 0.25) is 0 Å². The number of hydrogen-bond acceptors (Lipinski definition) is 4. The largest absolute Gasteiger partial charge is 0.480 e. The first kappa shape index (κ1) is 13.7. The van der Waals surface area contributed by atoms with E-state index in [4.69, 9.17) is 10.2 Å². The average molecular weight is 221 g/mol. The van der Waals surface area contributed by atoms with Crippen LogP contribution in [0.1, 0.15) is 19.8 Å². The molecule has 0 saturated carbocycles. The monoisotopic (exact) mass is 221 g/mol. The number of aliphatic hydroxyl groups is 1. The van der Waals surface area contributed by atoms with Crippen LogP contribution in [0.15, 0.2) is 0 Å². The van der Waals surface area contributed by atoms with Gasteiger partial charge in [-0.1, -0.05) is 6.92 Å². The summed E-state index contributed by atoms with van der Waals surface area (Å²) in [5.41, 5.74) is 0. The number of likely N-dealkylation sites (N-methyl/N-ethyl adjacent to an activating group) is 1. The molecule has 0 amide bonds. The standard InChI is InChI=1S/C9H19NO3S/c1-2-10-8(9(12)13)4-7-14-6-3-5-11/h8,10-11H,2-7H2,1H3,(H,12,13). The highest BCUT2D eigenvalue weighted by molar-refractivity contribution is 7.99. The van der Waals surface area contributed by atoms with Crippen LogP contribution < -0.4 is 5.32 Å². The summed E-state index contributed by atoms with van der Waals surface area (Å²) in [6.45, 7) is 2.79. The van der Waals surface area contributed by atoms with Gasteiger partial charge in [0.15, 0.2) is 0 Å². The molecule has 0 rings (SSSR count). The van der Waals surface area contributed by atoms with Gasteiger partial charge in [0, 0.05) is 6.61 Å². The molecule has 0 radical (unpaired) electrons. The Morgan fingerprint density at radius 2 is 2.21 bits per heavy atom. The average Bonchev–Trinajstić information content (AvgIpc) is 2.15. The van der Waals surface area contributed by atoms with Crippen LogP contribution in [0, 0.1) is 0 Å². The van der Waals surface area contributed by atoms with Crippen LogP contribution in [0.4, 0.5) is 0 Å². The number of carbonyl (C=O) groups is 1. The molecule has 1 unspecified atom stereocenters. The molecule has 0 aromatic carbocycles. The zero-order valence-corrected chi connectivity index (χ0v) is 9.35. The molecule has 4 nitrogen and oxygen atoms in total. The van der Waals surface area contributed by atoms with Crippen LogP contribution >= 0.6 is 11.8 Å². The van der Waals surface area contributed by atoms with Crippen LogP contribution in [0.25, 0.3) is 0 Å². The highest BCUT2D eigenvalue weighted by Gasteiger charge is 2.14. The van der Waals surface area contributed by atoms with Gasteiger partial charge in [-0.3, -0.25) is 4.79 Å². The van der Waals surface area contributed by atoms with Crippen LogP contribution in [0.2, 0.25) is 0 Å². The summed E-state index contributed by atoms with van der Waals surface area (Å²) < 4.78 is 0. The van der Waals surface area contributed by atoms with Gasteiger partial charge in [-0.25, -0.2) is 0 Å². The first-order valence-corrected chi connectivity index (χ1v) is 6.02. The first-order chi connectivity index (χ1) is 6.72. The fourth-order valence-corrected chi connectivity index (χ4v) is 1.97. The maximum Gasteiger partial charge on any atom is 0.320 e.